The first-order valence-corrected chi connectivity index (χ1v) is 12.1. The highest BCUT2D eigenvalue weighted by Gasteiger charge is 2.22. The topological polar surface area (TPSA) is 75.7 Å². The maximum absolute atomic E-state index is 12.8. The van der Waals surface area contributed by atoms with E-state index in [9.17, 15) is 13.2 Å². The lowest BCUT2D eigenvalue weighted by atomic mass is 10.1. The molecule has 4 rings (SSSR count). The van der Waals surface area contributed by atoms with Crippen molar-refractivity contribution >= 4 is 21.6 Å². The first kappa shape index (κ1) is 22.2. The highest BCUT2D eigenvalue weighted by molar-refractivity contribution is 7.89. The van der Waals surface area contributed by atoms with Gasteiger partial charge in [-0.25, -0.2) is 13.1 Å². The molecule has 1 heterocycles. The fourth-order valence-electron chi connectivity index (χ4n) is 3.71. The second-order valence-electron chi connectivity index (χ2n) is 7.71. The van der Waals surface area contributed by atoms with Crippen molar-refractivity contribution in [2.45, 2.75) is 37.5 Å². The molecule has 0 atom stereocenters. The molecule has 166 valence electrons. The molecule has 0 radical (unpaired) electrons. The average molecular weight is 451 g/mol. The molecule has 0 saturated carbocycles. The van der Waals surface area contributed by atoms with Gasteiger partial charge in [-0.15, -0.1) is 0 Å². The Morgan fingerprint density at radius 1 is 0.844 bits per heavy atom. The van der Waals surface area contributed by atoms with Gasteiger partial charge in [-0.2, -0.15) is 0 Å². The highest BCUT2D eigenvalue weighted by Crippen LogP contribution is 2.23. The highest BCUT2D eigenvalue weighted by atomic mass is 32.2. The Morgan fingerprint density at radius 3 is 2.22 bits per heavy atom. The summed E-state index contributed by atoms with van der Waals surface area (Å²) in [5.41, 5.74) is 3.62. The Hall–Kier alpha value is -3.00. The molecule has 32 heavy (non-hydrogen) atoms. The summed E-state index contributed by atoms with van der Waals surface area (Å²) < 4.78 is 34.1. The number of amides is 1. The van der Waals surface area contributed by atoms with Crippen LogP contribution < -0.4 is 9.62 Å². The van der Waals surface area contributed by atoms with Crippen LogP contribution in [-0.4, -0.2) is 20.9 Å². The van der Waals surface area contributed by atoms with Crippen LogP contribution in [0.3, 0.4) is 0 Å². The molecule has 1 amide bonds. The van der Waals surface area contributed by atoms with Gasteiger partial charge in [0.25, 0.3) is 0 Å². The van der Waals surface area contributed by atoms with Gasteiger partial charge in [0.05, 0.1) is 18.1 Å². The van der Waals surface area contributed by atoms with Crippen LogP contribution in [-0.2, 0) is 39.3 Å². The van der Waals surface area contributed by atoms with Gasteiger partial charge in [-0.1, -0.05) is 54.6 Å². The summed E-state index contributed by atoms with van der Waals surface area (Å²) in [6, 6.07) is 24.0. The fraction of sp³-hybridized carbons (Fsp3) is 0.240. The van der Waals surface area contributed by atoms with Crippen molar-refractivity contribution in [3.63, 3.8) is 0 Å². The number of sulfonamides is 1. The van der Waals surface area contributed by atoms with E-state index >= 15 is 0 Å². The van der Waals surface area contributed by atoms with Crippen molar-refractivity contribution < 1.29 is 17.9 Å². The van der Waals surface area contributed by atoms with Gasteiger partial charge in [0.2, 0.25) is 15.9 Å². The molecule has 0 aromatic heterocycles. The van der Waals surface area contributed by atoms with Crippen LogP contribution in [0.25, 0.3) is 0 Å². The van der Waals surface area contributed by atoms with Crippen LogP contribution in [0.4, 0.5) is 5.69 Å². The fourth-order valence-corrected chi connectivity index (χ4v) is 4.71. The maximum atomic E-state index is 12.8. The molecule has 1 fully saturated rings. The molecule has 0 bridgehead atoms. The minimum atomic E-state index is -3.69. The number of anilines is 1. The zero-order valence-electron chi connectivity index (χ0n) is 17.7. The zero-order chi connectivity index (χ0) is 22.4. The van der Waals surface area contributed by atoms with E-state index in [1.165, 1.54) is 12.1 Å². The third-order valence-corrected chi connectivity index (χ3v) is 6.89. The number of carbonyl (C=O) groups is 1. The predicted octanol–water partition coefficient (Wildman–Crippen LogP) is 4.01. The minimum Gasteiger partial charge on any atom is -0.372 e. The molecule has 3 aromatic rings. The Balaban J connectivity index is 1.38. The van der Waals surface area contributed by atoms with Crippen molar-refractivity contribution in [1.29, 1.82) is 0 Å². The molecule has 3 aromatic carbocycles. The second kappa shape index (κ2) is 10.1. The smallest absolute Gasteiger partial charge is 0.240 e. The zero-order valence-corrected chi connectivity index (χ0v) is 18.6. The van der Waals surface area contributed by atoms with Gasteiger partial charge >= 0.3 is 0 Å². The Kier molecular flexibility index (Phi) is 6.99. The second-order valence-corrected chi connectivity index (χ2v) is 9.48. The number of benzene rings is 3. The third-order valence-electron chi connectivity index (χ3n) is 5.47. The first-order chi connectivity index (χ1) is 15.5. The average Bonchev–Trinajstić information content (AvgIpc) is 3.25. The SMILES string of the molecule is O=C1CCCN1c1ccc(S(=O)(=O)NCc2ccccc2COCc2ccccc2)cc1. The van der Waals surface area contributed by atoms with Crippen molar-refractivity contribution in [2.75, 3.05) is 11.4 Å². The molecule has 1 aliphatic heterocycles. The number of hydrogen-bond acceptors (Lipinski definition) is 4. The number of nitrogens with one attached hydrogen (secondary N) is 1. The summed E-state index contributed by atoms with van der Waals surface area (Å²) >= 11 is 0. The molecular formula is C25H26N2O4S. The standard InChI is InChI=1S/C25H26N2O4S/c28-25-11-6-16-27(25)23-12-14-24(15-13-23)32(29,30)26-17-21-9-4-5-10-22(21)19-31-18-20-7-2-1-3-8-20/h1-5,7-10,12-15,26H,6,11,16-19H2. The van der Waals surface area contributed by atoms with Crippen molar-refractivity contribution in [1.82, 2.24) is 4.72 Å². The van der Waals surface area contributed by atoms with E-state index in [2.05, 4.69) is 4.72 Å². The van der Waals surface area contributed by atoms with E-state index in [1.807, 2.05) is 54.6 Å². The predicted molar refractivity (Wildman–Crippen MR) is 123 cm³/mol. The lowest BCUT2D eigenvalue weighted by Crippen LogP contribution is -2.25. The largest absolute Gasteiger partial charge is 0.372 e. The number of nitrogens with zero attached hydrogens (tertiary/aromatic N) is 1. The van der Waals surface area contributed by atoms with E-state index in [4.69, 9.17) is 4.74 Å². The summed E-state index contributed by atoms with van der Waals surface area (Å²) in [6.07, 6.45) is 1.37. The quantitative estimate of drug-likeness (QED) is 0.535. The van der Waals surface area contributed by atoms with Crippen LogP contribution >= 0.6 is 0 Å². The van der Waals surface area contributed by atoms with E-state index < -0.39 is 10.0 Å². The van der Waals surface area contributed by atoms with Crippen LogP contribution in [0.2, 0.25) is 0 Å². The summed E-state index contributed by atoms with van der Waals surface area (Å²) in [6.45, 7) is 1.73. The van der Waals surface area contributed by atoms with Crippen LogP contribution in [0.5, 0.6) is 0 Å². The van der Waals surface area contributed by atoms with Gasteiger partial charge in [0, 0.05) is 25.2 Å². The Bertz CT molecular complexity index is 1160. The lowest BCUT2D eigenvalue weighted by Gasteiger charge is -2.16. The van der Waals surface area contributed by atoms with Gasteiger partial charge in [-0.05, 0) is 47.4 Å². The van der Waals surface area contributed by atoms with E-state index in [0.717, 1.165) is 28.8 Å². The van der Waals surface area contributed by atoms with Gasteiger partial charge in [-0.3, -0.25) is 4.79 Å². The van der Waals surface area contributed by atoms with Gasteiger partial charge in [0.15, 0.2) is 0 Å². The summed E-state index contributed by atoms with van der Waals surface area (Å²) in [5.74, 6) is 0.0739. The number of carbonyl (C=O) groups excluding carboxylic acids is 1. The van der Waals surface area contributed by atoms with Gasteiger partial charge in [0.1, 0.15) is 0 Å². The molecule has 6 nitrogen and oxygen atoms in total. The first-order valence-electron chi connectivity index (χ1n) is 10.6. The molecule has 1 N–H and O–H groups in total. The Morgan fingerprint density at radius 2 is 1.53 bits per heavy atom. The minimum absolute atomic E-state index is 0.0739. The van der Waals surface area contributed by atoms with E-state index in [-0.39, 0.29) is 17.3 Å². The summed E-state index contributed by atoms with van der Waals surface area (Å²) in [7, 11) is -3.69. The van der Waals surface area contributed by atoms with Gasteiger partial charge < -0.3 is 9.64 Å². The summed E-state index contributed by atoms with van der Waals surface area (Å²) in [5, 5.41) is 0. The number of ether oxygens (including phenoxy) is 1. The Labute approximate surface area is 188 Å². The molecule has 0 spiro atoms. The molecule has 0 unspecified atom stereocenters. The van der Waals surface area contributed by atoms with E-state index in [0.29, 0.717) is 26.2 Å². The molecule has 0 aliphatic carbocycles. The monoisotopic (exact) mass is 450 g/mol. The van der Waals surface area contributed by atoms with Crippen LogP contribution in [0.1, 0.15) is 29.5 Å². The maximum Gasteiger partial charge on any atom is 0.240 e. The number of rotatable bonds is 9. The van der Waals surface area contributed by atoms with Crippen LogP contribution in [0.15, 0.2) is 83.8 Å². The molecule has 1 aliphatic rings. The van der Waals surface area contributed by atoms with E-state index in [1.54, 1.807) is 17.0 Å². The third kappa shape index (κ3) is 5.43. The normalized spacial score (nSPS) is 14.1. The van der Waals surface area contributed by atoms with Crippen LogP contribution in [0, 0.1) is 0 Å². The summed E-state index contributed by atoms with van der Waals surface area (Å²) in [4.78, 5) is 13.8. The van der Waals surface area contributed by atoms with Crippen molar-refractivity contribution in [2.24, 2.45) is 0 Å². The molecule has 1 saturated heterocycles. The molecular weight excluding hydrogens is 424 g/mol. The number of hydrogen-bond donors (Lipinski definition) is 1. The molecule has 7 heteroatoms. The lowest BCUT2D eigenvalue weighted by molar-refractivity contribution is -0.117. The van der Waals surface area contributed by atoms with Crippen molar-refractivity contribution in [3.05, 3.63) is 95.6 Å². The van der Waals surface area contributed by atoms with Crippen molar-refractivity contribution in [3.8, 4) is 0 Å².